The average Bonchev–Trinajstić information content (AvgIpc) is 3.75. The Morgan fingerprint density at radius 3 is 2.56 bits per heavy atom. The van der Waals surface area contributed by atoms with Gasteiger partial charge in [0.15, 0.2) is 0 Å². The second-order valence-corrected chi connectivity index (χ2v) is 15.0. The van der Waals surface area contributed by atoms with Crippen LogP contribution in [0.25, 0.3) is 10.4 Å². The third-order valence-electron chi connectivity index (χ3n) is 8.71. The van der Waals surface area contributed by atoms with Gasteiger partial charge in [0.05, 0.1) is 28.8 Å². The Hall–Kier alpha value is -4.49. The molecule has 268 valence electrons. The van der Waals surface area contributed by atoms with Gasteiger partial charge in [-0.3, -0.25) is 14.4 Å². The summed E-state index contributed by atoms with van der Waals surface area (Å²) >= 11 is 1.52. The fourth-order valence-electron chi connectivity index (χ4n) is 6.37. The molecule has 1 aromatic heterocycles. The number of benzene rings is 2. The zero-order valence-electron chi connectivity index (χ0n) is 29.5. The van der Waals surface area contributed by atoms with E-state index in [1.807, 2.05) is 51.1 Å². The molecular formula is C37H47N5O7S. The number of alkyl carbamates (subject to hydrolysis) is 1. The topological polar surface area (TPSA) is 150 Å². The van der Waals surface area contributed by atoms with Gasteiger partial charge in [0.2, 0.25) is 11.8 Å². The van der Waals surface area contributed by atoms with Crippen molar-refractivity contribution in [3.05, 3.63) is 70.4 Å². The molecule has 2 aromatic carbocycles. The van der Waals surface area contributed by atoms with Crippen LogP contribution in [-0.4, -0.2) is 87.2 Å². The number of amides is 4. The Morgan fingerprint density at radius 1 is 1.12 bits per heavy atom. The lowest BCUT2D eigenvalue weighted by molar-refractivity contribution is -0.143. The van der Waals surface area contributed by atoms with Gasteiger partial charge in [0.1, 0.15) is 23.4 Å². The zero-order valence-corrected chi connectivity index (χ0v) is 30.3. The van der Waals surface area contributed by atoms with Gasteiger partial charge in [-0.25, -0.2) is 9.78 Å². The molecule has 4 amide bonds. The van der Waals surface area contributed by atoms with E-state index in [1.54, 1.807) is 43.3 Å². The largest absolute Gasteiger partial charge is 0.493 e. The number of aliphatic hydroxyl groups is 1. The van der Waals surface area contributed by atoms with Crippen LogP contribution >= 0.6 is 11.3 Å². The number of carbonyl (C=O) groups excluding carboxylic acids is 4. The van der Waals surface area contributed by atoms with E-state index >= 15 is 0 Å². The molecule has 3 atom stereocenters. The third kappa shape index (κ3) is 8.62. The van der Waals surface area contributed by atoms with Crippen LogP contribution in [-0.2, 0) is 27.4 Å². The van der Waals surface area contributed by atoms with Crippen molar-refractivity contribution in [3.8, 4) is 16.2 Å². The number of carbonyl (C=O) groups is 4. The molecular weight excluding hydrogens is 659 g/mol. The number of hydrogen-bond acceptors (Lipinski definition) is 9. The van der Waals surface area contributed by atoms with Gasteiger partial charge < -0.3 is 35.0 Å². The number of β-amino-alcohol motifs (C(OH)–C–C–N with tert-alkyl or cyclic N) is 1. The lowest BCUT2D eigenvalue weighted by Crippen LogP contribution is -2.55. The summed E-state index contributed by atoms with van der Waals surface area (Å²) < 4.78 is 11.5. The van der Waals surface area contributed by atoms with Crippen molar-refractivity contribution in [2.45, 2.75) is 91.3 Å². The maximum Gasteiger partial charge on any atom is 0.407 e. The van der Waals surface area contributed by atoms with Gasteiger partial charge in [0, 0.05) is 43.7 Å². The number of nitrogens with one attached hydrogen (secondary N) is 2. The molecule has 1 fully saturated rings. The van der Waals surface area contributed by atoms with Crippen molar-refractivity contribution in [2.24, 2.45) is 5.92 Å². The number of aromatic nitrogens is 1. The van der Waals surface area contributed by atoms with Crippen LogP contribution in [0, 0.1) is 12.8 Å². The molecule has 13 heteroatoms. The molecule has 3 N–H and O–H groups in total. The minimum absolute atomic E-state index is 0.00368. The highest BCUT2D eigenvalue weighted by atomic mass is 32.1. The summed E-state index contributed by atoms with van der Waals surface area (Å²) in [4.78, 5) is 61.5. The van der Waals surface area contributed by atoms with Gasteiger partial charge in [-0.2, -0.15) is 0 Å². The normalized spacial score (nSPS) is 17.9. The quantitative estimate of drug-likeness (QED) is 0.230. The molecule has 3 aromatic rings. The number of aliphatic hydroxyl groups excluding tert-OH is 1. The highest BCUT2D eigenvalue weighted by Crippen LogP contribution is 2.33. The van der Waals surface area contributed by atoms with Crippen LogP contribution in [0.2, 0.25) is 0 Å². The van der Waals surface area contributed by atoms with Gasteiger partial charge in [-0.05, 0) is 63.3 Å². The first-order valence-corrected chi connectivity index (χ1v) is 17.9. The number of thiazole rings is 1. The summed E-state index contributed by atoms with van der Waals surface area (Å²) in [5.41, 5.74) is 5.18. The van der Waals surface area contributed by atoms with E-state index in [-0.39, 0.29) is 37.2 Å². The van der Waals surface area contributed by atoms with E-state index in [4.69, 9.17) is 9.47 Å². The van der Waals surface area contributed by atoms with Crippen molar-refractivity contribution < 1.29 is 33.8 Å². The molecule has 0 radical (unpaired) electrons. The number of hydrogen-bond donors (Lipinski definition) is 3. The summed E-state index contributed by atoms with van der Waals surface area (Å²) in [7, 11) is 0. The summed E-state index contributed by atoms with van der Waals surface area (Å²) in [5.74, 6) is -0.616. The third-order valence-corrected chi connectivity index (χ3v) is 9.69. The van der Waals surface area contributed by atoms with Crippen molar-refractivity contribution in [2.75, 3.05) is 19.7 Å². The van der Waals surface area contributed by atoms with Crippen LogP contribution in [0.15, 0.2) is 48.0 Å². The first kappa shape index (κ1) is 36.8. The molecule has 5 rings (SSSR count). The fourth-order valence-corrected chi connectivity index (χ4v) is 7.17. The van der Waals surface area contributed by atoms with Gasteiger partial charge >= 0.3 is 6.09 Å². The van der Waals surface area contributed by atoms with E-state index in [0.717, 1.165) is 27.3 Å². The number of rotatable bonds is 12. The SMILES string of the molecule is Cc1ncsc1-c1ccc(CNC(=O)[C@@H]2C[C@@H](O)CN2C(=O)[C@H](C(C)C)N2Cc3ccccc3C2=O)c(OCCCNC(=O)OC(C)(C)C)c1. The molecule has 0 aliphatic carbocycles. The molecule has 12 nitrogen and oxygen atoms in total. The molecule has 0 bridgehead atoms. The Kier molecular flexibility index (Phi) is 11.5. The minimum atomic E-state index is -0.902. The average molecular weight is 706 g/mol. The molecule has 1 saturated heterocycles. The standard InChI is InChI=1S/C37H47N5O7S/c1-22(2)31(42-19-26-10-7-8-11-28(26)34(42)45)35(46)41-20-27(43)17-29(41)33(44)39-18-25-13-12-24(32-23(3)40-21-50-32)16-30(25)48-15-9-14-38-36(47)49-37(4,5)6/h7-8,10-13,16,21-22,27,29,31,43H,9,14-15,17-20H2,1-6H3,(H,38,47)(H,39,44)/t27-,29+,31+/m1/s1. The van der Waals surface area contributed by atoms with Crippen LogP contribution in [0.1, 0.15) is 74.6 Å². The molecule has 2 aliphatic heterocycles. The smallest absolute Gasteiger partial charge is 0.407 e. The maximum absolute atomic E-state index is 14.1. The predicted octanol–water partition coefficient (Wildman–Crippen LogP) is 4.67. The monoisotopic (exact) mass is 705 g/mol. The molecule has 3 heterocycles. The Morgan fingerprint density at radius 2 is 1.88 bits per heavy atom. The summed E-state index contributed by atoms with van der Waals surface area (Å²) in [6, 6.07) is 11.4. The van der Waals surface area contributed by atoms with E-state index in [1.165, 1.54) is 16.2 Å². The van der Waals surface area contributed by atoms with Gasteiger partial charge in [-0.1, -0.05) is 44.2 Å². The molecule has 0 unspecified atom stereocenters. The van der Waals surface area contributed by atoms with E-state index in [9.17, 15) is 24.3 Å². The van der Waals surface area contributed by atoms with E-state index in [0.29, 0.717) is 37.4 Å². The fraction of sp³-hybridized carbons (Fsp3) is 0.486. The summed E-state index contributed by atoms with van der Waals surface area (Å²) in [5, 5.41) is 16.3. The number of aryl methyl sites for hydroxylation is 1. The Bertz CT molecular complexity index is 1720. The Labute approximate surface area is 297 Å². The van der Waals surface area contributed by atoms with Crippen LogP contribution in [0.3, 0.4) is 0 Å². The van der Waals surface area contributed by atoms with Crippen LogP contribution < -0.4 is 15.4 Å². The first-order valence-electron chi connectivity index (χ1n) is 17.0. The van der Waals surface area contributed by atoms with Crippen molar-refractivity contribution in [1.29, 1.82) is 0 Å². The minimum Gasteiger partial charge on any atom is -0.493 e. The second kappa shape index (κ2) is 15.6. The molecule has 50 heavy (non-hydrogen) atoms. The molecule has 2 aliphatic rings. The zero-order chi connectivity index (χ0) is 36.2. The second-order valence-electron chi connectivity index (χ2n) is 14.1. The molecule has 0 spiro atoms. The lowest BCUT2D eigenvalue weighted by Gasteiger charge is -2.35. The van der Waals surface area contributed by atoms with Crippen molar-refractivity contribution in [3.63, 3.8) is 0 Å². The van der Waals surface area contributed by atoms with Gasteiger partial charge in [0.25, 0.3) is 5.91 Å². The lowest BCUT2D eigenvalue weighted by atomic mass is 10.0. The van der Waals surface area contributed by atoms with Crippen molar-refractivity contribution >= 4 is 35.2 Å². The maximum atomic E-state index is 14.1. The summed E-state index contributed by atoms with van der Waals surface area (Å²) in [6.45, 7) is 12.2. The highest BCUT2D eigenvalue weighted by Gasteiger charge is 2.45. The Balaban J connectivity index is 1.26. The predicted molar refractivity (Wildman–Crippen MR) is 190 cm³/mol. The number of ether oxygens (including phenoxy) is 2. The highest BCUT2D eigenvalue weighted by molar-refractivity contribution is 7.13. The van der Waals surface area contributed by atoms with Crippen LogP contribution in [0.4, 0.5) is 4.79 Å². The number of likely N-dealkylation sites (tertiary alicyclic amines) is 1. The van der Waals surface area contributed by atoms with E-state index < -0.39 is 35.8 Å². The molecule has 0 saturated carbocycles. The first-order chi connectivity index (χ1) is 23.7. The number of fused-ring (bicyclic) bond motifs is 1. The van der Waals surface area contributed by atoms with Crippen molar-refractivity contribution in [1.82, 2.24) is 25.4 Å². The van der Waals surface area contributed by atoms with Gasteiger partial charge in [-0.15, -0.1) is 11.3 Å². The number of nitrogens with zero attached hydrogens (tertiary/aromatic N) is 3. The summed E-state index contributed by atoms with van der Waals surface area (Å²) in [6.07, 6.45) is -0.754. The van der Waals surface area contributed by atoms with Crippen LogP contribution in [0.5, 0.6) is 5.75 Å². The van der Waals surface area contributed by atoms with E-state index in [2.05, 4.69) is 15.6 Å².